The van der Waals surface area contributed by atoms with E-state index in [2.05, 4.69) is 34.2 Å². The molecule has 2 rings (SSSR count). The van der Waals surface area contributed by atoms with Crippen molar-refractivity contribution in [2.24, 2.45) is 5.92 Å². The van der Waals surface area contributed by atoms with Crippen molar-refractivity contribution in [1.29, 1.82) is 0 Å². The second kappa shape index (κ2) is 6.16. The first-order valence-corrected chi connectivity index (χ1v) is 11.3. The molecule has 3 nitrogen and oxygen atoms in total. The summed E-state index contributed by atoms with van der Waals surface area (Å²) in [5, 5.41) is 0.547. The van der Waals surface area contributed by atoms with Crippen LogP contribution >= 0.6 is 22.0 Å². The van der Waals surface area contributed by atoms with Gasteiger partial charge in [0.1, 0.15) is 0 Å². The van der Waals surface area contributed by atoms with E-state index in [9.17, 15) is 4.79 Å². The summed E-state index contributed by atoms with van der Waals surface area (Å²) in [4.78, 5) is 14.5. The van der Waals surface area contributed by atoms with Crippen molar-refractivity contribution in [2.75, 3.05) is 51.2 Å². The van der Waals surface area contributed by atoms with E-state index >= 15 is 0 Å². The van der Waals surface area contributed by atoms with E-state index in [-0.39, 0.29) is 22.0 Å². The maximum Gasteiger partial charge on any atom is 0.172 e. The van der Waals surface area contributed by atoms with Crippen LogP contribution in [0.4, 0.5) is 0 Å². The third-order valence-electron chi connectivity index (χ3n) is 4.28. The molecule has 1 heterocycles. The molecule has 0 atom stereocenters. The van der Waals surface area contributed by atoms with Crippen molar-refractivity contribution in [3.63, 3.8) is 0 Å². The number of piperazine rings is 1. The summed E-state index contributed by atoms with van der Waals surface area (Å²) in [5.41, 5.74) is 0. The minimum atomic E-state index is -0.371. The van der Waals surface area contributed by atoms with Gasteiger partial charge < -0.3 is 0 Å². The number of hydrogen-bond donors (Lipinski definition) is 2. The summed E-state index contributed by atoms with van der Waals surface area (Å²) in [6.45, 7) is 4.86. The highest BCUT2D eigenvalue weighted by molar-refractivity contribution is 8.28. The van der Waals surface area contributed by atoms with Crippen molar-refractivity contribution >= 4 is 27.1 Å². The number of carbonyl (C=O) groups excluding carboxylic acids is 1. The van der Waals surface area contributed by atoms with Gasteiger partial charge in [0.15, 0.2) is 5.12 Å². The molecule has 2 fully saturated rings. The molecular formula is C13H28N2OS2. The zero-order valence-electron chi connectivity index (χ0n) is 12.1. The predicted molar refractivity (Wildman–Crippen MR) is 86.3 cm³/mol. The maximum atomic E-state index is 11.9. The van der Waals surface area contributed by atoms with Gasteiger partial charge in [-0.15, -0.1) is 0 Å². The Hall–Kier alpha value is 0.290. The Balaban J connectivity index is 1.72. The highest BCUT2D eigenvalue weighted by Crippen LogP contribution is 2.38. The average molecular weight is 293 g/mol. The number of carbonyl (C=O) groups is 1. The Morgan fingerprint density at radius 3 is 2.00 bits per heavy atom. The lowest BCUT2D eigenvalue weighted by molar-refractivity contribution is -0.119. The van der Waals surface area contributed by atoms with E-state index in [4.69, 9.17) is 0 Å². The molecule has 1 aliphatic carbocycles. The quantitative estimate of drug-likeness (QED) is 0.768. The Labute approximate surface area is 117 Å². The second-order valence-electron chi connectivity index (χ2n) is 5.89. The molecule has 0 spiro atoms. The van der Waals surface area contributed by atoms with Gasteiger partial charge in [-0.2, -0.15) is 10.9 Å². The van der Waals surface area contributed by atoms with Crippen LogP contribution in [-0.4, -0.2) is 71.6 Å². The van der Waals surface area contributed by atoms with Crippen molar-refractivity contribution < 1.29 is 4.79 Å². The summed E-state index contributed by atoms with van der Waals surface area (Å²) >= 11 is 0.0842. The normalized spacial score (nSPS) is 31.8. The first-order chi connectivity index (χ1) is 8.49. The van der Waals surface area contributed by atoms with Crippen molar-refractivity contribution in [1.82, 2.24) is 9.21 Å². The van der Waals surface area contributed by atoms with Gasteiger partial charge in [-0.1, -0.05) is 0 Å². The van der Waals surface area contributed by atoms with E-state index < -0.39 is 0 Å². The van der Waals surface area contributed by atoms with Crippen molar-refractivity contribution in [2.45, 2.75) is 18.9 Å². The molecule has 0 amide bonds. The standard InChI is InChI=1S/C13H28N2OS2/c1-17(2)13(16)11-9-12(10-11)14-5-7-15(8-6-14)18(3)4/h11-12,17-18H,5-10H2,1-4H3. The summed E-state index contributed by atoms with van der Waals surface area (Å²) in [5.74, 6) is 0.392. The number of rotatable bonds is 3. The van der Waals surface area contributed by atoms with E-state index in [0.29, 0.717) is 17.1 Å². The minimum absolute atomic E-state index is 0.0842. The fourth-order valence-electron chi connectivity index (χ4n) is 2.93. The molecule has 0 aromatic heterocycles. The van der Waals surface area contributed by atoms with Gasteiger partial charge in [-0.3, -0.25) is 14.0 Å². The zero-order valence-corrected chi connectivity index (χ0v) is 13.9. The van der Waals surface area contributed by atoms with Gasteiger partial charge in [0.2, 0.25) is 0 Å². The molecule has 0 aromatic carbocycles. The predicted octanol–water partition coefficient (Wildman–Crippen LogP) is 1.35. The average Bonchev–Trinajstić information content (AvgIpc) is 2.27. The molecule has 1 saturated carbocycles. The van der Waals surface area contributed by atoms with Gasteiger partial charge in [0, 0.05) is 38.1 Å². The highest BCUT2D eigenvalue weighted by atomic mass is 32.2. The summed E-state index contributed by atoms with van der Waals surface area (Å²) < 4.78 is 2.62. The molecule has 0 N–H and O–H groups in total. The van der Waals surface area contributed by atoms with Crippen molar-refractivity contribution in [3.05, 3.63) is 0 Å². The summed E-state index contributed by atoms with van der Waals surface area (Å²) in [6, 6.07) is 0.705. The molecular weight excluding hydrogens is 264 g/mol. The lowest BCUT2D eigenvalue weighted by atomic mass is 9.80. The SMILES string of the molecule is C[SH](C)C(=O)C1CC(N2CCN([SH](C)C)CC2)C1. The van der Waals surface area contributed by atoms with Crippen LogP contribution in [0.5, 0.6) is 0 Å². The molecule has 0 unspecified atom stereocenters. The van der Waals surface area contributed by atoms with Crippen LogP contribution in [-0.2, 0) is 4.79 Å². The molecule has 18 heavy (non-hydrogen) atoms. The van der Waals surface area contributed by atoms with E-state index in [1.165, 1.54) is 26.2 Å². The van der Waals surface area contributed by atoms with E-state index in [1.807, 2.05) is 0 Å². The Morgan fingerprint density at radius 2 is 1.56 bits per heavy atom. The molecule has 1 aliphatic heterocycles. The first kappa shape index (κ1) is 14.7. The van der Waals surface area contributed by atoms with Crippen LogP contribution in [0.15, 0.2) is 0 Å². The lowest BCUT2D eigenvalue weighted by Gasteiger charge is -2.47. The number of hydrogen-bond acceptors (Lipinski definition) is 3. The number of nitrogens with zero attached hydrogens (tertiary/aromatic N) is 2. The van der Waals surface area contributed by atoms with E-state index in [1.54, 1.807) is 0 Å². The first-order valence-electron chi connectivity index (χ1n) is 6.86. The molecule has 0 radical (unpaired) electrons. The van der Waals surface area contributed by atoms with Crippen LogP contribution in [0.25, 0.3) is 0 Å². The lowest BCUT2D eigenvalue weighted by Crippen LogP contribution is -2.54. The fourth-order valence-corrected chi connectivity index (χ4v) is 4.85. The minimum Gasteiger partial charge on any atom is -0.298 e. The molecule has 5 heteroatoms. The smallest absolute Gasteiger partial charge is 0.172 e. The number of thiol groups is 2. The van der Waals surface area contributed by atoms with Crippen LogP contribution in [0.3, 0.4) is 0 Å². The van der Waals surface area contributed by atoms with Crippen molar-refractivity contribution in [3.8, 4) is 0 Å². The topological polar surface area (TPSA) is 23.6 Å². The van der Waals surface area contributed by atoms with Gasteiger partial charge in [-0.25, -0.2) is 11.1 Å². The van der Waals surface area contributed by atoms with Gasteiger partial charge >= 0.3 is 0 Å². The van der Waals surface area contributed by atoms with Gasteiger partial charge in [-0.05, 0) is 37.9 Å². The highest BCUT2D eigenvalue weighted by Gasteiger charge is 2.38. The largest absolute Gasteiger partial charge is 0.298 e. The third kappa shape index (κ3) is 3.24. The monoisotopic (exact) mass is 292 g/mol. The summed E-state index contributed by atoms with van der Waals surface area (Å²) in [6.07, 6.45) is 11.1. The van der Waals surface area contributed by atoms with Crippen LogP contribution in [0.1, 0.15) is 12.8 Å². The second-order valence-corrected chi connectivity index (χ2v) is 10.4. The van der Waals surface area contributed by atoms with Crippen LogP contribution in [0.2, 0.25) is 0 Å². The van der Waals surface area contributed by atoms with Gasteiger partial charge in [0.05, 0.1) is 0 Å². The molecule has 0 bridgehead atoms. The van der Waals surface area contributed by atoms with E-state index in [0.717, 1.165) is 12.8 Å². The maximum absolute atomic E-state index is 11.9. The molecule has 1 saturated heterocycles. The summed E-state index contributed by atoms with van der Waals surface area (Å²) in [7, 11) is -0.371. The Bertz CT molecular complexity index is 295. The molecule has 2 aliphatic rings. The Morgan fingerprint density at radius 1 is 1.00 bits per heavy atom. The third-order valence-corrected chi connectivity index (χ3v) is 7.05. The Kier molecular flexibility index (Phi) is 5.03. The van der Waals surface area contributed by atoms with Crippen LogP contribution in [0, 0.1) is 5.92 Å². The molecule has 0 aromatic rings. The van der Waals surface area contributed by atoms with Gasteiger partial charge in [0.25, 0.3) is 0 Å². The van der Waals surface area contributed by atoms with Crippen LogP contribution < -0.4 is 0 Å². The fraction of sp³-hybridized carbons (Fsp3) is 0.923. The molecule has 108 valence electrons. The zero-order chi connectivity index (χ0) is 13.3.